The fourth-order valence-electron chi connectivity index (χ4n) is 2.41. The van der Waals surface area contributed by atoms with Crippen molar-refractivity contribution in [3.63, 3.8) is 0 Å². The molecule has 1 fully saturated rings. The second-order valence-corrected chi connectivity index (χ2v) is 5.16. The number of rotatable bonds is 2. The van der Waals surface area contributed by atoms with E-state index in [1.54, 1.807) is 12.1 Å². The van der Waals surface area contributed by atoms with Crippen LogP contribution in [0.15, 0.2) is 24.3 Å². The third-order valence-electron chi connectivity index (χ3n) is 3.17. The van der Waals surface area contributed by atoms with Crippen molar-refractivity contribution in [1.29, 1.82) is 0 Å². The Morgan fingerprint density at radius 3 is 2.27 bits per heavy atom. The normalized spacial score (nSPS) is 29.7. The Bertz CT molecular complexity index is 377. The molecule has 1 aromatic rings. The van der Waals surface area contributed by atoms with Gasteiger partial charge in [-0.3, -0.25) is 4.79 Å². The lowest BCUT2D eigenvalue weighted by molar-refractivity contribution is -0.121. The minimum atomic E-state index is -0.453. The van der Waals surface area contributed by atoms with E-state index >= 15 is 0 Å². The molecule has 1 nitrogen and oxygen atoms in total. The van der Waals surface area contributed by atoms with E-state index in [2.05, 4.69) is 6.92 Å². The van der Waals surface area contributed by atoms with Gasteiger partial charge >= 0.3 is 0 Å². The third kappa shape index (κ3) is 1.79. The van der Waals surface area contributed by atoms with Crippen LogP contribution in [0.1, 0.15) is 25.3 Å². The Balaban J connectivity index is 2.34. The highest BCUT2D eigenvalue weighted by molar-refractivity contribution is 6.65. The molecule has 15 heavy (non-hydrogen) atoms. The van der Waals surface area contributed by atoms with Gasteiger partial charge in [-0.25, -0.2) is 0 Å². The number of benzene rings is 1. The molecule has 0 aromatic heterocycles. The van der Waals surface area contributed by atoms with Crippen LogP contribution in [-0.4, -0.2) is 5.24 Å². The van der Waals surface area contributed by atoms with Crippen LogP contribution in [0.4, 0.5) is 0 Å². The first-order valence-electron chi connectivity index (χ1n) is 5.00. The van der Waals surface area contributed by atoms with Crippen molar-refractivity contribution >= 4 is 28.4 Å². The predicted molar refractivity (Wildman–Crippen MR) is 62.4 cm³/mol. The lowest BCUT2D eigenvalue weighted by Gasteiger charge is -2.44. The zero-order valence-corrected chi connectivity index (χ0v) is 9.98. The van der Waals surface area contributed by atoms with E-state index < -0.39 is 5.41 Å². The molecule has 0 unspecified atom stereocenters. The van der Waals surface area contributed by atoms with Gasteiger partial charge in [-0.15, -0.1) is 0 Å². The van der Waals surface area contributed by atoms with Crippen molar-refractivity contribution in [3.05, 3.63) is 34.9 Å². The van der Waals surface area contributed by atoms with Crippen LogP contribution in [0.3, 0.4) is 0 Å². The summed E-state index contributed by atoms with van der Waals surface area (Å²) in [7, 11) is 0. The molecular formula is C12H12Cl2O. The highest BCUT2D eigenvalue weighted by atomic mass is 35.5. The summed E-state index contributed by atoms with van der Waals surface area (Å²) in [6.45, 7) is 2.13. The Hall–Kier alpha value is -0.530. The highest BCUT2D eigenvalue weighted by Gasteiger charge is 2.48. The summed E-state index contributed by atoms with van der Waals surface area (Å²) in [5.41, 5.74) is 0.538. The fraction of sp³-hybridized carbons (Fsp3) is 0.417. The molecule has 0 atom stereocenters. The molecular weight excluding hydrogens is 231 g/mol. The van der Waals surface area contributed by atoms with E-state index in [0.29, 0.717) is 10.9 Å². The predicted octanol–water partition coefficient (Wildman–Crippen LogP) is 3.77. The molecule has 1 aromatic carbocycles. The van der Waals surface area contributed by atoms with Crippen LogP contribution in [0, 0.1) is 5.92 Å². The summed E-state index contributed by atoms with van der Waals surface area (Å²) in [5.74, 6) is 0.573. The molecule has 0 aliphatic heterocycles. The van der Waals surface area contributed by atoms with Gasteiger partial charge in [0, 0.05) is 5.02 Å². The number of carbonyl (C=O) groups excluding carboxylic acids is 1. The second-order valence-electron chi connectivity index (χ2n) is 4.38. The number of hydrogen-bond acceptors (Lipinski definition) is 1. The van der Waals surface area contributed by atoms with E-state index in [-0.39, 0.29) is 5.24 Å². The quantitative estimate of drug-likeness (QED) is 0.722. The Labute approximate surface area is 99.4 Å². The molecule has 1 saturated carbocycles. The summed E-state index contributed by atoms with van der Waals surface area (Å²) in [6.07, 6.45) is 1.69. The molecule has 0 saturated heterocycles. The maximum absolute atomic E-state index is 11.5. The van der Waals surface area contributed by atoms with Gasteiger partial charge in [-0.05, 0) is 48.1 Å². The number of hydrogen-bond donors (Lipinski definition) is 0. The van der Waals surface area contributed by atoms with Crippen molar-refractivity contribution < 1.29 is 4.79 Å². The van der Waals surface area contributed by atoms with E-state index in [1.807, 2.05) is 12.1 Å². The molecule has 0 radical (unpaired) electrons. The van der Waals surface area contributed by atoms with Gasteiger partial charge in [-0.1, -0.05) is 30.7 Å². The zero-order valence-electron chi connectivity index (χ0n) is 8.47. The van der Waals surface area contributed by atoms with Crippen molar-refractivity contribution in [2.24, 2.45) is 5.92 Å². The number of halogens is 2. The lowest BCUT2D eigenvalue weighted by Crippen LogP contribution is -2.44. The first kappa shape index (κ1) is 11.0. The molecule has 1 aliphatic carbocycles. The van der Waals surface area contributed by atoms with Crippen molar-refractivity contribution in [3.8, 4) is 0 Å². The van der Waals surface area contributed by atoms with Gasteiger partial charge in [-0.2, -0.15) is 0 Å². The van der Waals surface area contributed by atoms with Crippen molar-refractivity contribution in [2.75, 3.05) is 0 Å². The van der Waals surface area contributed by atoms with E-state index in [1.165, 1.54) is 0 Å². The summed E-state index contributed by atoms with van der Waals surface area (Å²) < 4.78 is 0. The summed E-state index contributed by atoms with van der Waals surface area (Å²) in [6, 6.07) is 7.41. The topological polar surface area (TPSA) is 17.1 Å². The largest absolute Gasteiger partial charge is 0.280 e. The summed E-state index contributed by atoms with van der Waals surface area (Å²) in [5, 5.41) is 0.436. The van der Waals surface area contributed by atoms with Gasteiger partial charge in [0.2, 0.25) is 5.24 Å². The fourth-order valence-corrected chi connectivity index (χ4v) is 2.80. The van der Waals surface area contributed by atoms with Crippen molar-refractivity contribution in [1.82, 2.24) is 0 Å². The van der Waals surface area contributed by atoms with Crippen LogP contribution < -0.4 is 0 Å². The van der Waals surface area contributed by atoms with Gasteiger partial charge < -0.3 is 0 Å². The second kappa shape index (κ2) is 3.80. The van der Waals surface area contributed by atoms with Crippen LogP contribution >= 0.6 is 23.2 Å². The van der Waals surface area contributed by atoms with Crippen LogP contribution in [-0.2, 0) is 10.2 Å². The summed E-state index contributed by atoms with van der Waals surface area (Å²) >= 11 is 11.5. The molecule has 2 rings (SSSR count). The molecule has 0 bridgehead atoms. The van der Waals surface area contributed by atoms with Gasteiger partial charge in [0.1, 0.15) is 0 Å². The van der Waals surface area contributed by atoms with Gasteiger partial charge in [0.15, 0.2) is 0 Å². The third-order valence-corrected chi connectivity index (χ3v) is 3.78. The Morgan fingerprint density at radius 2 is 1.87 bits per heavy atom. The monoisotopic (exact) mass is 242 g/mol. The van der Waals surface area contributed by atoms with E-state index in [4.69, 9.17) is 23.2 Å². The smallest absolute Gasteiger partial charge is 0.232 e. The molecule has 3 heteroatoms. The zero-order chi connectivity index (χ0) is 11.1. The average molecular weight is 243 g/mol. The highest BCUT2D eigenvalue weighted by Crippen LogP contribution is 2.49. The molecule has 80 valence electrons. The first-order chi connectivity index (χ1) is 7.04. The van der Waals surface area contributed by atoms with E-state index in [0.717, 1.165) is 18.4 Å². The minimum absolute atomic E-state index is 0.247. The maximum atomic E-state index is 11.5. The molecule has 0 N–H and O–H groups in total. The van der Waals surface area contributed by atoms with Crippen LogP contribution in [0.25, 0.3) is 0 Å². The number of carbonyl (C=O) groups is 1. The Morgan fingerprint density at radius 1 is 1.33 bits per heavy atom. The molecule has 0 heterocycles. The lowest BCUT2D eigenvalue weighted by atomic mass is 9.60. The van der Waals surface area contributed by atoms with Crippen LogP contribution in [0.2, 0.25) is 5.02 Å². The molecule has 0 amide bonds. The van der Waals surface area contributed by atoms with E-state index in [9.17, 15) is 4.79 Å². The molecule has 0 spiro atoms. The van der Waals surface area contributed by atoms with Crippen LogP contribution in [0.5, 0.6) is 0 Å². The SMILES string of the molecule is CC1CC(C(=O)Cl)(c2ccc(Cl)cc2)C1. The standard InChI is InChI=1S/C12H12Cl2O/c1-8-6-12(7-8,11(14)15)9-2-4-10(13)5-3-9/h2-5,8H,6-7H2,1H3. The minimum Gasteiger partial charge on any atom is -0.280 e. The van der Waals surface area contributed by atoms with Crippen molar-refractivity contribution in [2.45, 2.75) is 25.2 Å². The molecule has 1 aliphatic rings. The first-order valence-corrected chi connectivity index (χ1v) is 5.76. The van der Waals surface area contributed by atoms with Gasteiger partial charge in [0.25, 0.3) is 0 Å². The summed E-state index contributed by atoms with van der Waals surface area (Å²) in [4.78, 5) is 11.5. The average Bonchev–Trinajstić information content (AvgIpc) is 2.13. The van der Waals surface area contributed by atoms with Gasteiger partial charge in [0.05, 0.1) is 5.41 Å². The Kier molecular flexibility index (Phi) is 2.78. The maximum Gasteiger partial charge on any atom is 0.232 e.